The molecule has 1 N–H and O–H groups in total. The number of hydrogen-bond acceptors (Lipinski definition) is 4. The molecule has 0 aromatic heterocycles. The predicted octanol–water partition coefficient (Wildman–Crippen LogP) is 3.68. The van der Waals surface area contributed by atoms with Crippen LogP contribution in [-0.4, -0.2) is 45.1 Å². The van der Waals surface area contributed by atoms with E-state index >= 15 is 0 Å². The van der Waals surface area contributed by atoms with E-state index < -0.39 is 9.84 Å². The van der Waals surface area contributed by atoms with Crippen molar-refractivity contribution in [1.82, 2.24) is 4.90 Å². The SMILES string of the molecule is Cc1ccc(CCC2CCN(CC(=O)Nc3ccccc3S(C)(=O)=O)CC2)cc1. The molecular formula is C23H30N2O3S. The van der Waals surface area contributed by atoms with Crippen LogP contribution in [0.15, 0.2) is 53.4 Å². The lowest BCUT2D eigenvalue weighted by atomic mass is 9.90. The average Bonchev–Trinajstić information content (AvgIpc) is 2.68. The van der Waals surface area contributed by atoms with Crippen molar-refractivity contribution in [2.24, 2.45) is 5.92 Å². The molecule has 5 nitrogen and oxygen atoms in total. The number of nitrogens with zero attached hydrogens (tertiary/aromatic N) is 1. The monoisotopic (exact) mass is 414 g/mol. The molecule has 0 radical (unpaired) electrons. The minimum Gasteiger partial charge on any atom is -0.324 e. The normalized spacial score (nSPS) is 15.9. The molecule has 6 heteroatoms. The second-order valence-electron chi connectivity index (χ2n) is 8.06. The highest BCUT2D eigenvalue weighted by atomic mass is 32.2. The molecule has 1 aliphatic heterocycles. The van der Waals surface area contributed by atoms with Crippen molar-refractivity contribution >= 4 is 21.4 Å². The molecule has 0 saturated carbocycles. The maximum atomic E-state index is 12.4. The maximum absolute atomic E-state index is 12.4. The van der Waals surface area contributed by atoms with E-state index in [9.17, 15) is 13.2 Å². The fourth-order valence-electron chi connectivity index (χ4n) is 3.84. The van der Waals surface area contributed by atoms with Crippen molar-refractivity contribution in [3.05, 3.63) is 59.7 Å². The highest BCUT2D eigenvalue weighted by Crippen LogP contribution is 2.23. The zero-order valence-corrected chi connectivity index (χ0v) is 18.0. The molecule has 1 aliphatic rings. The van der Waals surface area contributed by atoms with E-state index in [0.717, 1.165) is 38.6 Å². The van der Waals surface area contributed by atoms with Gasteiger partial charge >= 0.3 is 0 Å². The highest BCUT2D eigenvalue weighted by Gasteiger charge is 2.21. The summed E-state index contributed by atoms with van der Waals surface area (Å²) in [6, 6.07) is 15.3. The van der Waals surface area contributed by atoms with E-state index in [1.165, 1.54) is 23.6 Å². The number of benzene rings is 2. The Bertz CT molecular complexity index is 931. The zero-order valence-electron chi connectivity index (χ0n) is 17.2. The van der Waals surface area contributed by atoms with Gasteiger partial charge in [-0.25, -0.2) is 8.42 Å². The second-order valence-corrected chi connectivity index (χ2v) is 10.0. The number of hydrogen-bond donors (Lipinski definition) is 1. The summed E-state index contributed by atoms with van der Waals surface area (Å²) in [4.78, 5) is 14.7. The number of para-hydroxylation sites is 1. The Balaban J connectivity index is 1.45. The quantitative estimate of drug-likeness (QED) is 0.751. The van der Waals surface area contributed by atoms with Crippen LogP contribution in [0.25, 0.3) is 0 Å². The van der Waals surface area contributed by atoms with Crippen LogP contribution in [0.4, 0.5) is 5.69 Å². The van der Waals surface area contributed by atoms with E-state index in [1.54, 1.807) is 18.2 Å². The van der Waals surface area contributed by atoms with Crippen LogP contribution in [0.1, 0.15) is 30.4 Å². The van der Waals surface area contributed by atoms with Crippen LogP contribution in [0.3, 0.4) is 0 Å². The third kappa shape index (κ3) is 6.41. The average molecular weight is 415 g/mol. The van der Waals surface area contributed by atoms with E-state index in [-0.39, 0.29) is 10.8 Å². The zero-order chi connectivity index (χ0) is 20.9. The molecule has 1 saturated heterocycles. The van der Waals surface area contributed by atoms with Gasteiger partial charge in [-0.05, 0) is 69.3 Å². The Hall–Kier alpha value is -2.18. The van der Waals surface area contributed by atoms with Crippen LogP contribution >= 0.6 is 0 Å². The molecule has 1 heterocycles. The number of carbonyl (C=O) groups is 1. The molecule has 0 spiro atoms. The Labute approximate surface area is 174 Å². The molecule has 1 fully saturated rings. The van der Waals surface area contributed by atoms with Gasteiger partial charge in [-0.15, -0.1) is 0 Å². The number of likely N-dealkylation sites (tertiary alicyclic amines) is 1. The van der Waals surface area contributed by atoms with Crippen molar-refractivity contribution < 1.29 is 13.2 Å². The van der Waals surface area contributed by atoms with Gasteiger partial charge in [0.1, 0.15) is 0 Å². The Kier molecular flexibility index (Phi) is 7.09. The molecule has 2 aromatic carbocycles. The van der Waals surface area contributed by atoms with Crippen LogP contribution in [0.2, 0.25) is 0 Å². The summed E-state index contributed by atoms with van der Waals surface area (Å²) in [6.07, 6.45) is 5.63. The number of sulfone groups is 1. The number of anilines is 1. The lowest BCUT2D eigenvalue weighted by molar-refractivity contribution is -0.117. The topological polar surface area (TPSA) is 66.5 Å². The smallest absolute Gasteiger partial charge is 0.238 e. The van der Waals surface area contributed by atoms with Gasteiger partial charge in [-0.1, -0.05) is 42.0 Å². The number of carbonyl (C=O) groups excluding carboxylic acids is 1. The fraction of sp³-hybridized carbons (Fsp3) is 0.435. The largest absolute Gasteiger partial charge is 0.324 e. The van der Waals surface area contributed by atoms with Crippen LogP contribution in [-0.2, 0) is 21.1 Å². The molecule has 2 aromatic rings. The third-order valence-corrected chi connectivity index (χ3v) is 6.75. The van der Waals surface area contributed by atoms with Crippen molar-refractivity contribution in [1.29, 1.82) is 0 Å². The number of rotatable bonds is 7. The molecule has 29 heavy (non-hydrogen) atoms. The van der Waals surface area contributed by atoms with Gasteiger partial charge in [0.2, 0.25) is 5.91 Å². The summed E-state index contributed by atoms with van der Waals surface area (Å²) in [5.74, 6) is 0.529. The lowest BCUT2D eigenvalue weighted by Gasteiger charge is -2.31. The molecular weight excluding hydrogens is 384 g/mol. The summed E-state index contributed by atoms with van der Waals surface area (Å²) in [5.41, 5.74) is 3.04. The Morgan fingerprint density at radius 2 is 1.72 bits per heavy atom. The summed E-state index contributed by atoms with van der Waals surface area (Å²) in [5, 5.41) is 2.77. The van der Waals surface area contributed by atoms with Gasteiger partial charge in [-0.3, -0.25) is 9.69 Å². The standard InChI is InChI=1S/C23H30N2O3S/c1-18-7-9-19(10-8-18)11-12-20-13-15-25(16-14-20)17-23(26)24-21-5-3-4-6-22(21)29(2,27)28/h3-10,20H,11-17H2,1-2H3,(H,24,26). The first-order valence-corrected chi connectivity index (χ1v) is 12.1. The van der Waals surface area contributed by atoms with E-state index in [4.69, 9.17) is 0 Å². The fourth-order valence-corrected chi connectivity index (χ4v) is 4.69. The minimum absolute atomic E-state index is 0.156. The highest BCUT2D eigenvalue weighted by molar-refractivity contribution is 7.90. The third-order valence-electron chi connectivity index (χ3n) is 5.60. The van der Waals surface area contributed by atoms with Crippen molar-refractivity contribution in [2.45, 2.75) is 37.5 Å². The molecule has 0 aliphatic carbocycles. The number of nitrogens with one attached hydrogen (secondary N) is 1. The van der Waals surface area contributed by atoms with Crippen LogP contribution in [0, 0.1) is 12.8 Å². The second kappa shape index (κ2) is 9.55. The van der Waals surface area contributed by atoms with Crippen molar-refractivity contribution in [2.75, 3.05) is 31.2 Å². The van der Waals surface area contributed by atoms with Crippen LogP contribution < -0.4 is 5.32 Å². The molecule has 0 bridgehead atoms. The molecule has 0 unspecified atom stereocenters. The number of aryl methyl sites for hydroxylation is 2. The Morgan fingerprint density at radius 3 is 2.38 bits per heavy atom. The lowest BCUT2D eigenvalue weighted by Crippen LogP contribution is -2.39. The molecule has 0 atom stereocenters. The maximum Gasteiger partial charge on any atom is 0.238 e. The minimum atomic E-state index is -3.38. The summed E-state index contributed by atoms with van der Waals surface area (Å²) < 4.78 is 23.8. The van der Waals surface area contributed by atoms with Gasteiger partial charge in [0, 0.05) is 6.26 Å². The van der Waals surface area contributed by atoms with Gasteiger partial charge in [0.25, 0.3) is 0 Å². The van der Waals surface area contributed by atoms with Gasteiger partial charge in [0.15, 0.2) is 9.84 Å². The van der Waals surface area contributed by atoms with Gasteiger partial charge in [-0.2, -0.15) is 0 Å². The van der Waals surface area contributed by atoms with Gasteiger partial charge in [0.05, 0.1) is 17.1 Å². The van der Waals surface area contributed by atoms with Crippen molar-refractivity contribution in [3.8, 4) is 0 Å². The first-order chi connectivity index (χ1) is 13.8. The number of piperidine rings is 1. The van der Waals surface area contributed by atoms with Gasteiger partial charge < -0.3 is 5.32 Å². The van der Waals surface area contributed by atoms with E-state index in [0.29, 0.717) is 18.2 Å². The molecule has 3 rings (SSSR count). The first kappa shape index (κ1) is 21.5. The molecule has 1 amide bonds. The Morgan fingerprint density at radius 1 is 1.07 bits per heavy atom. The van der Waals surface area contributed by atoms with Crippen molar-refractivity contribution in [3.63, 3.8) is 0 Å². The summed E-state index contributed by atoms with van der Waals surface area (Å²) in [6.45, 7) is 4.21. The van der Waals surface area contributed by atoms with Crippen LogP contribution in [0.5, 0.6) is 0 Å². The number of amides is 1. The summed E-state index contributed by atoms with van der Waals surface area (Å²) in [7, 11) is -3.38. The summed E-state index contributed by atoms with van der Waals surface area (Å²) >= 11 is 0. The first-order valence-electron chi connectivity index (χ1n) is 10.2. The van der Waals surface area contributed by atoms with E-state index in [1.807, 2.05) is 0 Å². The van der Waals surface area contributed by atoms with E-state index in [2.05, 4.69) is 41.4 Å². The predicted molar refractivity (Wildman–Crippen MR) is 117 cm³/mol. The molecule has 156 valence electrons.